The third-order valence-corrected chi connectivity index (χ3v) is 2.83. The van der Waals surface area contributed by atoms with E-state index in [1.54, 1.807) is 26.8 Å². The van der Waals surface area contributed by atoms with Crippen LogP contribution in [0.15, 0.2) is 12.1 Å². The maximum absolute atomic E-state index is 14.0. The summed E-state index contributed by atoms with van der Waals surface area (Å²) in [5, 5.41) is 2.95. The highest BCUT2D eigenvalue weighted by Crippen LogP contribution is 2.24. The highest BCUT2D eigenvalue weighted by Gasteiger charge is 2.28. The van der Waals surface area contributed by atoms with Gasteiger partial charge >= 0.3 is 6.18 Å². The monoisotopic (exact) mass is 293 g/mol. The smallest absolute Gasteiger partial charge is 0.370 e. The molecule has 0 amide bonds. The van der Waals surface area contributed by atoms with Gasteiger partial charge in [0.15, 0.2) is 0 Å². The van der Waals surface area contributed by atoms with Gasteiger partial charge in [0.05, 0.1) is 12.6 Å². The Morgan fingerprint density at radius 3 is 2.40 bits per heavy atom. The standard InChI is InChI=1S/C14H19F4NO/c1-4-19-12(7-20-8-14(16,17)18)13-10(3)5-9(2)6-11(13)15/h5-6,12,19H,4,7-8H2,1-3H3. The predicted octanol–water partition coefficient (Wildman–Crippen LogP) is 3.67. The normalized spacial score (nSPS) is 13.6. The van der Waals surface area contributed by atoms with E-state index in [4.69, 9.17) is 0 Å². The molecule has 1 atom stereocenters. The van der Waals surface area contributed by atoms with E-state index in [1.807, 2.05) is 0 Å². The predicted molar refractivity (Wildman–Crippen MR) is 69.2 cm³/mol. The molecule has 0 aliphatic rings. The van der Waals surface area contributed by atoms with Crippen molar-refractivity contribution < 1.29 is 22.3 Å². The second-order valence-corrected chi connectivity index (χ2v) is 4.72. The van der Waals surface area contributed by atoms with Gasteiger partial charge < -0.3 is 10.1 Å². The Bertz CT molecular complexity index is 422. The lowest BCUT2D eigenvalue weighted by atomic mass is 9.98. The van der Waals surface area contributed by atoms with Crippen LogP contribution in [0, 0.1) is 19.7 Å². The van der Waals surface area contributed by atoms with E-state index in [0.29, 0.717) is 17.7 Å². The van der Waals surface area contributed by atoms with Crippen molar-refractivity contribution in [3.8, 4) is 0 Å². The molecule has 0 saturated carbocycles. The summed E-state index contributed by atoms with van der Waals surface area (Å²) in [5.41, 5.74) is 1.83. The molecule has 2 nitrogen and oxygen atoms in total. The Hall–Kier alpha value is -1.14. The summed E-state index contributed by atoms with van der Waals surface area (Å²) >= 11 is 0. The molecule has 0 bridgehead atoms. The molecule has 0 radical (unpaired) electrons. The molecule has 0 aromatic heterocycles. The van der Waals surface area contributed by atoms with Gasteiger partial charge in [-0.25, -0.2) is 4.39 Å². The third kappa shape index (κ3) is 5.09. The van der Waals surface area contributed by atoms with E-state index in [1.165, 1.54) is 6.07 Å². The highest BCUT2D eigenvalue weighted by molar-refractivity contribution is 5.34. The molecule has 0 fully saturated rings. The summed E-state index contributed by atoms with van der Waals surface area (Å²) in [6.07, 6.45) is -4.38. The van der Waals surface area contributed by atoms with Gasteiger partial charge in [0, 0.05) is 5.56 Å². The van der Waals surface area contributed by atoms with Gasteiger partial charge in [-0.1, -0.05) is 13.0 Å². The fraction of sp³-hybridized carbons (Fsp3) is 0.571. The lowest BCUT2D eigenvalue weighted by Gasteiger charge is -2.22. The molecule has 20 heavy (non-hydrogen) atoms. The molecule has 6 heteroatoms. The number of alkyl halides is 3. The molecular weight excluding hydrogens is 274 g/mol. The molecule has 1 N–H and O–H groups in total. The second-order valence-electron chi connectivity index (χ2n) is 4.72. The molecule has 0 aliphatic heterocycles. The lowest BCUT2D eigenvalue weighted by Crippen LogP contribution is -2.29. The number of benzene rings is 1. The van der Waals surface area contributed by atoms with Crippen LogP contribution in [-0.2, 0) is 4.74 Å². The van der Waals surface area contributed by atoms with E-state index in [9.17, 15) is 17.6 Å². The van der Waals surface area contributed by atoms with Gasteiger partial charge in [-0.3, -0.25) is 0 Å². The Labute approximate surface area is 116 Å². The molecule has 1 unspecified atom stereocenters. The second kappa shape index (κ2) is 7.04. The van der Waals surface area contributed by atoms with Crippen molar-refractivity contribution in [1.82, 2.24) is 5.32 Å². The lowest BCUT2D eigenvalue weighted by molar-refractivity contribution is -0.175. The van der Waals surface area contributed by atoms with Crippen LogP contribution in [0.3, 0.4) is 0 Å². The third-order valence-electron chi connectivity index (χ3n) is 2.83. The van der Waals surface area contributed by atoms with Gasteiger partial charge in [0.1, 0.15) is 12.4 Å². The molecule has 114 valence electrons. The topological polar surface area (TPSA) is 21.3 Å². The van der Waals surface area contributed by atoms with Crippen LogP contribution in [0.1, 0.15) is 29.7 Å². The maximum atomic E-state index is 14.0. The fourth-order valence-electron chi connectivity index (χ4n) is 2.15. The average molecular weight is 293 g/mol. The van der Waals surface area contributed by atoms with Crippen LogP contribution in [0.5, 0.6) is 0 Å². The van der Waals surface area contributed by atoms with Crippen LogP contribution in [-0.4, -0.2) is 25.9 Å². The molecule has 0 aliphatic carbocycles. The zero-order valence-corrected chi connectivity index (χ0v) is 11.8. The number of aryl methyl sites for hydroxylation is 2. The number of halogens is 4. The summed E-state index contributed by atoms with van der Waals surface area (Å²) in [6.45, 7) is 4.25. The molecule has 1 aromatic carbocycles. The van der Waals surface area contributed by atoms with Crippen LogP contribution >= 0.6 is 0 Å². The fourth-order valence-corrected chi connectivity index (χ4v) is 2.15. The van der Waals surface area contributed by atoms with Gasteiger partial charge in [-0.15, -0.1) is 0 Å². The van der Waals surface area contributed by atoms with Crippen LogP contribution in [0.4, 0.5) is 17.6 Å². The van der Waals surface area contributed by atoms with Crippen molar-refractivity contribution in [2.45, 2.75) is 33.0 Å². The quantitative estimate of drug-likeness (QED) is 0.808. The van der Waals surface area contributed by atoms with Crippen molar-refractivity contribution in [2.24, 2.45) is 0 Å². The van der Waals surface area contributed by atoms with Crippen molar-refractivity contribution in [1.29, 1.82) is 0 Å². The van der Waals surface area contributed by atoms with E-state index in [0.717, 1.165) is 5.56 Å². The Morgan fingerprint density at radius 1 is 1.25 bits per heavy atom. The SMILES string of the molecule is CCNC(COCC(F)(F)F)c1c(C)cc(C)cc1F. The first-order valence-corrected chi connectivity index (χ1v) is 6.39. The molecule has 0 heterocycles. The number of hydrogen-bond acceptors (Lipinski definition) is 2. The van der Waals surface area contributed by atoms with Crippen molar-refractivity contribution in [2.75, 3.05) is 19.8 Å². The van der Waals surface area contributed by atoms with Gasteiger partial charge in [-0.05, 0) is 37.6 Å². The molecule has 0 spiro atoms. The molecular formula is C14H19F4NO. The summed E-state index contributed by atoms with van der Waals surface area (Å²) in [5.74, 6) is -0.427. The first-order chi connectivity index (χ1) is 9.24. The zero-order chi connectivity index (χ0) is 15.3. The summed E-state index contributed by atoms with van der Waals surface area (Å²) in [6, 6.07) is 2.58. The van der Waals surface area contributed by atoms with Crippen molar-refractivity contribution in [3.05, 3.63) is 34.6 Å². The number of nitrogens with one attached hydrogen (secondary N) is 1. The molecule has 1 rings (SSSR count). The van der Waals surface area contributed by atoms with Crippen LogP contribution in [0.25, 0.3) is 0 Å². The molecule has 1 aromatic rings. The van der Waals surface area contributed by atoms with Gasteiger partial charge in [0.25, 0.3) is 0 Å². The highest BCUT2D eigenvalue weighted by atomic mass is 19.4. The maximum Gasteiger partial charge on any atom is 0.411 e. The van der Waals surface area contributed by atoms with Crippen molar-refractivity contribution in [3.63, 3.8) is 0 Å². The Kier molecular flexibility index (Phi) is 5.95. The average Bonchev–Trinajstić information content (AvgIpc) is 2.25. The van der Waals surface area contributed by atoms with Crippen LogP contribution < -0.4 is 5.32 Å². The van der Waals surface area contributed by atoms with E-state index in [-0.39, 0.29) is 6.61 Å². The number of hydrogen-bond donors (Lipinski definition) is 1. The molecule has 0 saturated heterocycles. The number of rotatable bonds is 6. The Morgan fingerprint density at radius 2 is 1.90 bits per heavy atom. The van der Waals surface area contributed by atoms with E-state index >= 15 is 0 Å². The Balaban J connectivity index is 2.86. The minimum absolute atomic E-state index is 0.228. The largest absolute Gasteiger partial charge is 0.411 e. The minimum atomic E-state index is -4.38. The van der Waals surface area contributed by atoms with Gasteiger partial charge in [-0.2, -0.15) is 13.2 Å². The van der Waals surface area contributed by atoms with E-state index in [2.05, 4.69) is 10.1 Å². The van der Waals surface area contributed by atoms with E-state index < -0.39 is 24.6 Å². The first kappa shape index (κ1) is 16.9. The van der Waals surface area contributed by atoms with Crippen LogP contribution in [0.2, 0.25) is 0 Å². The minimum Gasteiger partial charge on any atom is -0.370 e. The summed E-state index contributed by atoms with van der Waals surface area (Å²) < 4.78 is 54.9. The zero-order valence-electron chi connectivity index (χ0n) is 11.8. The number of likely N-dealkylation sites (N-methyl/N-ethyl adjacent to an activating group) is 1. The summed E-state index contributed by atoms with van der Waals surface area (Å²) in [4.78, 5) is 0. The van der Waals surface area contributed by atoms with Gasteiger partial charge in [0.2, 0.25) is 0 Å². The number of ether oxygens (including phenoxy) is 1. The first-order valence-electron chi connectivity index (χ1n) is 6.39. The summed E-state index contributed by atoms with van der Waals surface area (Å²) in [7, 11) is 0. The van der Waals surface area contributed by atoms with Crippen molar-refractivity contribution >= 4 is 0 Å².